The van der Waals surface area contributed by atoms with Crippen LogP contribution in [0.1, 0.15) is 23.5 Å². The fourth-order valence-corrected chi connectivity index (χ4v) is 5.17. The lowest BCUT2D eigenvalue weighted by Gasteiger charge is -2.27. The van der Waals surface area contributed by atoms with E-state index in [9.17, 15) is 0 Å². The van der Waals surface area contributed by atoms with Gasteiger partial charge in [0, 0.05) is 41.1 Å². The molecular weight excluding hydrogens is 374 g/mol. The Morgan fingerprint density at radius 3 is 2.67 bits per heavy atom. The predicted octanol–water partition coefficient (Wildman–Crippen LogP) is 4.63. The molecule has 3 heterocycles. The lowest BCUT2D eigenvalue weighted by atomic mass is 10.2. The second kappa shape index (κ2) is 8.27. The van der Waals surface area contributed by atoms with Crippen molar-refractivity contribution >= 4 is 34.7 Å². The highest BCUT2D eigenvalue weighted by Crippen LogP contribution is 2.33. The molecule has 0 bridgehead atoms. The maximum Gasteiger partial charge on any atom is 0.134 e. The van der Waals surface area contributed by atoms with Gasteiger partial charge in [-0.25, -0.2) is 15.0 Å². The van der Waals surface area contributed by atoms with Crippen molar-refractivity contribution in [2.75, 3.05) is 34.8 Å². The number of aromatic nitrogens is 3. The van der Waals surface area contributed by atoms with Gasteiger partial charge in [0.1, 0.15) is 23.0 Å². The van der Waals surface area contributed by atoms with E-state index in [4.69, 9.17) is 4.98 Å². The minimum absolute atomic E-state index is 0.139. The van der Waals surface area contributed by atoms with Crippen LogP contribution in [-0.2, 0) is 0 Å². The van der Waals surface area contributed by atoms with Crippen molar-refractivity contribution in [3.05, 3.63) is 53.3 Å². The number of rotatable bonds is 5. The van der Waals surface area contributed by atoms with Crippen LogP contribution in [0.15, 0.2) is 42.7 Å². The Labute approximate surface area is 168 Å². The van der Waals surface area contributed by atoms with Crippen LogP contribution in [0.2, 0.25) is 0 Å². The van der Waals surface area contributed by atoms with E-state index in [1.54, 1.807) is 17.7 Å². The third kappa shape index (κ3) is 4.25. The molecule has 4 rings (SSSR count). The van der Waals surface area contributed by atoms with Gasteiger partial charge in [0.05, 0.1) is 11.7 Å². The zero-order valence-electron chi connectivity index (χ0n) is 15.6. The molecule has 27 heavy (non-hydrogen) atoms. The van der Waals surface area contributed by atoms with Crippen LogP contribution in [0.4, 0.5) is 11.6 Å². The monoisotopic (exact) mass is 397 g/mol. The zero-order valence-corrected chi connectivity index (χ0v) is 17.2. The molecule has 7 heteroatoms. The Kier molecular flexibility index (Phi) is 5.59. The van der Waals surface area contributed by atoms with Gasteiger partial charge in [-0.15, -0.1) is 11.3 Å². The molecule has 2 aromatic heterocycles. The van der Waals surface area contributed by atoms with Gasteiger partial charge in [-0.2, -0.15) is 11.8 Å². The number of aryl methyl sites for hydroxylation is 1. The summed E-state index contributed by atoms with van der Waals surface area (Å²) < 4.78 is 0. The van der Waals surface area contributed by atoms with Crippen molar-refractivity contribution in [3.63, 3.8) is 0 Å². The minimum atomic E-state index is 0.139. The molecule has 1 fully saturated rings. The fraction of sp³-hybridized carbons (Fsp3) is 0.350. The molecule has 0 radical (unpaired) electrons. The standard InChI is InChI=1S/C20H23N5S2/c1-14(19-15(2)24-20(27-19)16-6-4-3-5-7-16)23-17-12-18(22-13-21-17)25-8-10-26-11-9-25/h3-7,12-14H,8-11H2,1-2H3,(H,21,22,23). The summed E-state index contributed by atoms with van der Waals surface area (Å²) in [5, 5.41) is 4.59. The fourth-order valence-electron chi connectivity index (χ4n) is 3.19. The minimum Gasteiger partial charge on any atom is -0.362 e. The molecule has 1 saturated heterocycles. The molecule has 140 valence electrons. The summed E-state index contributed by atoms with van der Waals surface area (Å²) in [7, 11) is 0. The average Bonchev–Trinajstić information content (AvgIpc) is 3.11. The van der Waals surface area contributed by atoms with E-state index < -0.39 is 0 Å². The van der Waals surface area contributed by atoms with E-state index in [1.165, 1.54) is 4.88 Å². The summed E-state index contributed by atoms with van der Waals surface area (Å²) in [5.41, 5.74) is 2.23. The normalized spacial score (nSPS) is 15.6. The van der Waals surface area contributed by atoms with Gasteiger partial charge in [-0.05, 0) is 13.8 Å². The summed E-state index contributed by atoms with van der Waals surface area (Å²) in [6, 6.07) is 12.5. The summed E-state index contributed by atoms with van der Waals surface area (Å²) in [4.78, 5) is 17.2. The summed E-state index contributed by atoms with van der Waals surface area (Å²) >= 11 is 3.74. The van der Waals surface area contributed by atoms with E-state index >= 15 is 0 Å². The first kappa shape index (κ1) is 18.3. The van der Waals surface area contributed by atoms with E-state index in [0.29, 0.717) is 0 Å². The number of thiazole rings is 1. The summed E-state index contributed by atoms with van der Waals surface area (Å²) in [6.07, 6.45) is 1.65. The summed E-state index contributed by atoms with van der Waals surface area (Å²) in [6.45, 7) is 6.33. The summed E-state index contributed by atoms with van der Waals surface area (Å²) in [5.74, 6) is 4.18. The number of thioether (sulfide) groups is 1. The number of nitrogens with zero attached hydrogens (tertiary/aromatic N) is 4. The maximum absolute atomic E-state index is 4.77. The molecule has 3 aromatic rings. The first-order chi connectivity index (χ1) is 13.2. The largest absolute Gasteiger partial charge is 0.362 e. The number of benzene rings is 1. The Morgan fingerprint density at radius 2 is 1.89 bits per heavy atom. The zero-order chi connectivity index (χ0) is 18.6. The Morgan fingerprint density at radius 1 is 1.11 bits per heavy atom. The predicted molar refractivity (Wildman–Crippen MR) is 116 cm³/mol. The van der Waals surface area contributed by atoms with Gasteiger partial charge >= 0.3 is 0 Å². The average molecular weight is 398 g/mol. The van der Waals surface area contributed by atoms with Crippen LogP contribution in [0.3, 0.4) is 0 Å². The van der Waals surface area contributed by atoms with Crippen molar-refractivity contribution in [2.45, 2.75) is 19.9 Å². The van der Waals surface area contributed by atoms with Crippen LogP contribution >= 0.6 is 23.1 Å². The Bertz CT molecular complexity index is 890. The highest BCUT2D eigenvalue weighted by molar-refractivity contribution is 7.99. The van der Waals surface area contributed by atoms with Crippen LogP contribution in [0.5, 0.6) is 0 Å². The molecule has 0 saturated carbocycles. The molecular formula is C20H23N5S2. The molecule has 5 nitrogen and oxygen atoms in total. The van der Waals surface area contributed by atoms with Gasteiger partial charge < -0.3 is 10.2 Å². The number of nitrogens with one attached hydrogen (secondary N) is 1. The van der Waals surface area contributed by atoms with Gasteiger partial charge in [-0.1, -0.05) is 30.3 Å². The Hall–Kier alpha value is -2.12. The molecule has 0 amide bonds. The van der Waals surface area contributed by atoms with Crippen molar-refractivity contribution in [1.82, 2.24) is 15.0 Å². The quantitative estimate of drug-likeness (QED) is 0.677. The Balaban J connectivity index is 1.51. The SMILES string of the molecule is Cc1nc(-c2ccccc2)sc1C(C)Nc1cc(N2CCSCC2)ncn1. The lowest BCUT2D eigenvalue weighted by Crippen LogP contribution is -2.33. The maximum atomic E-state index is 4.77. The van der Waals surface area contributed by atoms with Crippen LogP contribution in [0.25, 0.3) is 10.6 Å². The van der Waals surface area contributed by atoms with Crippen LogP contribution < -0.4 is 10.2 Å². The second-order valence-corrected chi connectivity index (χ2v) is 8.82. The van der Waals surface area contributed by atoms with Crippen LogP contribution in [-0.4, -0.2) is 39.5 Å². The van der Waals surface area contributed by atoms with Gasteiger partial charge in [0.25, 0.3) is 0 Å². The molecule has 1 N–H and O–H groups in total. The molecule has 1 unspecified atom stereocenters. The van der Waals surface area contributed by atoms with Crippen molar-refractivity contribution in [3.8, 4) is 10.6 Å². The smallest absolute Gasteiger partial charge is 0.134 e. The third-order valence-corrected chi connectivity index (χ3v) is 6.93. The van der Waals surface area contributed by atoms with Gasteiger partial charge in [-0.3, -0.25) is 0 Å². The lowest BCUT2D eigenvalue weighted by molar-refractivity contribution is 0.830. The highest BCUT2D eigenvalue weighted by atomic mass is 32.2. The van der Waals surface area contributed by atoms with Gasteiger partial charge in [0.15, 0.2) is 0 Å². The highest BCUT2D eigenvalue weighted by Gasteiger charge is 2.17. The molecule has 1 aliphatic rings. The number of anilines is 2. The molecule has 1 aromatic carbocycles. The number of hydrogen-bond acceptors (Lipinski definition) is 7. The first-order valence-corrected chi connectivity index (χ1v) is 11.1. The topological polar surface area (TPSA) is 53.9 Å². The van der Waals surface area contributed by atoms with Gasteiger partial charge in [0.2, 0.25) is 0 Å². The molecule has 1 atom stereocenters. The van der Waals surface area contributed by atoms with E-state index in [0.717, 1.165) is 52.5 Å². The van der Waals surface area contributed by atoms with Crippen molar-refractivity contribution in [2.24, 2.45) is 0 Å². The second-order valence-electron chi connectivity index (χ2n) is 6.56. The van der Waals surface area contributed by atoms with Crippen LogP contribution in [0, 0.1) is 6.92 Å². The van der Waals surface area contributed by atoms with Crippen molar-refractivity contribution < 1.29 is 0 Å². The van der Waals surface area contributed by atoms with Crippen molar-refractivity contribution in [1.29, 1.82) is 0 Å². The first-order valence-electron chi connectivity index (χ1n) is 9.15. The number of hydrogen-bond donors (Lipinski definition) is 1. The third-order valence-electron chi connectivity index (χ3n) is 4.60. The molecule has 0 spiro atoms. The molecule has 1 aliphatic heterocycles. The molecule has 0 aliphatic carbocycles. The van der Waals surface area contributed by atoms with E-state index in [2.05, 4.69) is 64.4 Å². The van der Waals surface area contributed by atoms with E-state index in [-0.39, 0.29) is 6.04 Å². The van der Waals surface area contributed by atoms with E-state index in [1.807, 2.05) is 17.8 Å².